The number of phenols is 1. The highest BCUT2D eigenvalue weighted by molar-refractivity contribution is 9.12. The smallest absolute Gasteiger partial charge is 0.271 e. The molecule has 10 heteroatoms. The summed E-state index contributed by atoms with van der Waals surface area (Å²) in [6.45, 7) is 1.74. The van der Waals surface area contributed by atoms with E-state index in [4.69, 9.17) is 0 Å². The Morgan fingerprint density at radius 2 is 1.79 bits per heavy atom. The number of Topliss-reactive ketones (excluding diaryl/α,β-unsaturated/α-hetero) is 1. The van der Waals surface area contributed by atoms with E-state index in [9.17, 15) is 34.4 Å². The molecular formula is C29H21BrN2O7. The van der Waals surface area contributed by atoms with Gasteiger partial charge in [0, 0.05) is 40.8 Å². The first kappa shape index (κ1) is 25.1. The molecule has 39 heavy (non-hydrogen) atoms. The van der Waals surface area contributed by atoms with E-state index < -0.39 is 40.4 Å². The predicted octanol–water partition coefficient (Wildman–Crippen LogP) is 4.58. The van der Waals surface area contributed by atoms with E-state index >= 15 is 0 Å². The van der Waals surface area contributed by atoms with Gasteiger partial charge in [0.15, 0.2) is 11.6 Å². The molecule has 6 rings (SSSR count). The number of carbonyl (C=O) groups excluding carboxylic acids is 4. The van der Waals surface area contributed by atoms with Crippen molar-refractivity contribution in [3.05, 3.63) is 97.1 Å². The SMILES string of the molecule is Cc1cccc([C@H]2C3=CC[C@@H]4C(=O)N(c5cccc([N+](=O)[O-])c5)C(=O)[C@@H]4[C@@H]3CC3=C2C(=O)C=C(Br)C3=O)c1O. The molecule has 2 aromatic rings. The number of rotatable bonds is 3. The number of nitro groups is 1. The topological polar surface area (TPSA) is 135 Å². The Morgan fingerprint density at radius 3 is 2.54 bits per heavy atom. The highest BCUT2D eigenvalue weighted by Crippen LogP contribution is 2.56. The summed E-state index contributed by atoms with van der Waals surface area (Å²) in [5.41, 5.74) is 2.18. The summed E-state index contributed by atoms with van der Waals surface area (Å²) in [5.74, 6) is -4.56. The van der Waals surface area contributed by atoms with E-state index in [1.165, 1.54) is 30.3 Å². The number of imide groups is 1. The molecule has 2 amide bonds. The van der Waals surface area contributed by atoms with Crippen LogP contribution in [0.25, 0.3) is 0 Å². The van der Waals surface area contributed by atoms with Gasteiger partial charge in [-0.3, -0.25) is 29.3 Å². The first-order valence-corrected chi connectivity index (χ1v) is 13.2. The van der Waals surface area contributed by atoms with Crippen molar-refractivity contribution in [2.45, 2.75) is 25.7 Å². The van der Waals surface area contributed by atoms with Gasteiger partial charge in [-0.05, 0) is 53.2 Å². The van der Waals surface area contributed by atoms with Crippen molar-refractivity contribution in [3.63, 3.8) is 0 Å². The van der Waals surface area contributed by atoms with Gasteiger partial charge in [-0.2, -0.15) is 0 Å². The number of ketones is 2. The van der Waals surface area contributed by atoms with Crippen molar-refractivity contribution in [3.8, 4) is 5.75 Å². The van der Waals surface area contributed by atoms with Gasteiger partial charge in [0.25, 0.3) is 5.69 Å². The number of nitrogens with zero attached hydrogens (tertiary/aromatic N) is 2. The summed E-state index contributed by atoms with van der Waals surface area (Å²) in [4.78, 5) is 65.8. The van der Waals surface area contributed by atoms with Crippen molar-refractivity contribution in [1.82, 2.24) is 0 Å². The Hall–Kier alpha value is -4.18. The molecule has 0 radical (unpaired) electrons. The van der Waals surface area contributed by atoms with Gasteiger partial charge in [0.05, 0.1) is 26.9 Å². The minimum absolute atomic E-state index is 0.000984. The number of non-ortho nitro benzene ring substituents is 1. The molecule has 1 aliphatic heterocycles. The van der Waals surface area contributed by atoms with Gasteiger partial charge in [0.1, 0.15) is 5.75 Å². The molecular weight excluding hydrogens is 568 g/mol. The Kier molecular flexibility index (Phi) is 5.76. The Bertz CT molecular complexity index is 1640. The molecule has 0 saturated carbocycles. The molecule has 4 atom stereocenters. The van der Waals surface area contributed by atoms with Crippen LogP contribution in [0.4, 0.5) is 11.4 Å². The zero-order valence-corrected chi connectivity index (χ0v) is 22.2. The number of hydrogen-bond donors (Lipinski definition) is 1. The molecule has 2 aromatic carbocycles. The van der Waals surface area contributed by atoms with Crippen molar-refractivity contribution in [1.29, 1.82) is 0 Å². The fourth-order valence-corrected chi connectivity index (χ4v) is 6.92. The second-order valence-electron chi connectivity index (χ2n) is 10.2. The van der Waals surface area contributed by atoms with Crippen molar-refractivity contribution >= 4 is 50.7 Å². The molecule has 0 spiro atoms. The first-order valence-electron chi connectivity index (χ1n) is 12.4. The number of benzene rings is 2. The fraction of sp³-hybridized carbons (Fsp3) is 0.241. The zero-order valence-electron chi connectivity index (χ0n) is 20.6. The van der Waals surface area contributed by atoms with Gasteiger partial charge >= 0.3 is 0 Å². The van der Waals surface area contributed by atoms with E-state index in [1.54, 1.807) is 25.1 Å². The third-order valence-corrected chi connectivity index (χ3v) is 8.80. The van der Waals surface area contributed by atoms with Crippen LogP contribution in [0.5, 0.6) is 5.75 Å². The molecule has 196 valence electrons. The van der Waals surface area contributed by atoms with Gasteiger partial charge in [-0.15, -0.1) is 0 Å². The number of phenolic OH excluding ortho intramolecular Hbond substituents is 1. The van der Waals surface area contributed by atoms with Crippen LogP contribution in [0.3, 0.4) is 0 Å². The van der Waals surface area contributed by atoms with Crippen LogP contribution in [-0.4, -0.2) is 33.4 Å². The van der Waals surface area contributed by atoms with Crippen LogP contribution in [0.15, 0.2) is 75.8 Å². The summed E-state index contributed by atoms with van der Waals surface area (Å²) in [7, 11) is 0. The van der Waals surface area contributed by atoms with E-state index in [0.717, 1.165) is 4.90 Å². The summed E-state index contributed by atoms with van der Waals surface area (Å²) in [5, 5.41) is 22.3. The van der Waals surface area contributed by atoms with Crippen molar-refractivity contribution in [2.75, 3.05) is 4.90 Å². The Labute approximate surface area is 230 Å². The third kappa shape index (κ3) is 3.65. The first-order chi connectivity index (χ1) is 18.6. The molecule has 9 nitrogen and oxygen atoms in total. The highest BCUT2D eigenvalue weighted by atomic mass is 79.9. The molecule has 1 heterocycles. The number of allylic oxidation sites excluding steroid dienone is 6. The zero-order chi connectivity index (χ0) is 27.7. The molecule has 0 unspecified atom stereocenters. The van der Waals surface area contributed by atoms with E-state index in [0.29, 0.717) is 16.7 Å². The van der Waals surface area contributed by atoms with Gasteiger partial charge in [0.2, 0.25) is 11.8 Å². The highest BCUT2D eigenvalue weighted by Gasteiger charge is 2.57. The predicted molar refractivity (Wildman–Crippen MR) is 143 cm³/mol. The van der Waals surface area contributed by atoms with Crippen molar-refractivity contribution < 1.29 is 29.2 Å². The van der Waals surface area contributed by atoms with Crippen LogP contribution in [0.1, 0.15) is 29.9 Å². The lowest BCUT2D eigenvalue weighted by Crippen LogP contribution is -2.39. The van der Waals surface area contributed by atoms with Gasteiger partial charge < -0.3 is 5.11 Å². The summed E-state index contributed by atoms with van der Waals surface area (Å²) >= 11 is 3.19. The Balaban J connectivity index is 1.49. The number of carbonyl (C=O) groups is 4. The average Bonchev–Trinajstić information content (AvgIpc) is 3.17. The lowest BCUT2D eigenvalue weighted by Gasteiger charge is -2.42. The number of halogens is 1. The summed E-state index contributed by atoms with van der Waals surface area (Å²) < 4.78 is 0.116. The summed E-state index contributed by atoms with van der Waals surface area (Å²) in [6, 6.07) is 10.6. The molecule has 0 aromatic heterocycles. The fourth-order valence-electron chi connectivity index (χ4n) is 6.48. The number of aryl methyl sites for hydroxylation is 1. The number of para-hydroxylation sites is 1. The molecule has 3 aliphatic carbocycles. The molecule has 1 fully saturated rings. The normalized spacial score (nSPS) is 26.2. The minimum Gasteiger partial charge on any atom is -0.507 e. The van der Waals surface area contributed by atoms with E-state index in [2.05, 4.69) is 15.9 Å². The third-order valence-electron chi connectivity index (χ3n) is 8.21. The van der Waals surface area contributed by atoms with Crippen LogP contribution in [0.2, 0.25) is 0 Å². The lowest BCUT2D eigenvalue weighted by atomic mass is 9.59. The second kappa shape index (κ2) is 8.94. The lowest BCUT2D eigenvalue weighted by molar-refractivity contribution is -0.384. The maximum absolute atomic E-state index is 13.9. The second-order valence-corrected chi connectivity index (χ2v) is 11.0. The van der Waals surface area contributed by atoms with Gasteiger partial charge in [-0.25, -0.2) is 4.90 Å². The minimum atomic E-state index is -0.826. The number of hydrogen-bond acceptors (Lipinski definition) is 7. The standard InChI is InChI=1S/C29H21BrN2O7/c1-13-4-2-7-17(26(13)34)23-16-8-9-18-24(19(16)11-20-25(23)22(33)12-21(30)27(20)35)29(37)31(28(18)36)14-5-3-6-15(10-14)32(38)39/h2-8,10,12,18-19,23-24,34H,9,11H2,1H3/t18-,19+,23+,24-/m0/s1. The van der Waals surface area contributed by atoms with Crippen molar-refractivity contribution in [2.24, 2.45) is 17.8 Å². The maximum Gasteiger partial charge on any atom is 0.271 e. The quantitative estimate of drug-likeness (QED) is 0.182. The number of nitro benzene ring substituents is 1. The molecule has 1 saturated heterocycles. The van der Waals surface area contributed by atoms with Crippen LogP contribution >= 0.6 is 15.9 Å². The van der Waals surface area contributed by atoms with Crippen LogP contribution < -0.4 is 4.90 Å². The van der Waals surface area contributed by atoms with E-state index in [-0.39, 0.29) is 57.2 Å². The number of fused-ring (bicyclic) bond motifs is 3. The van der Waals surface area contributed by atoms with Gasteiger partial charge in [-0.1, -0.05) is 35.9 Å². The Morgan fingerprint density at radius 1 is 1.05 bits per heavy atom. The largest absolute Gasteiger partial charge is 0.507 e. The van der Waals surface area contributed by atoms with Crippen LogP contribution in [-0.2, 0) is 19.2 Å². The molecule has 4 aliphatic rings. The number of aromatic hydroxyl groups is 1. The van der Waals surface area contributed by atoms with Crippen LogP contribution in [0, 0.1) is 34.8 Å². The number of anilines is 1. The monoisotopic (exact) mass is 588 g/mol. The average molecular weight is 589 g/mol. The summed E-state index contributed by atoms with van der Waals surface area (Å²) in [6.07, 6.45) is 3.40. The molecule has 1 N–H and O–H groups in total. The molecule has 0 bridgehead atoms. The van der Waals surface area contributed by atoms with E-state index in [1.807, 2.05) is 6.08 Å². The number of amides is 2. The maximum atomic E-state index is 13.9.